The monoisotopic (exact) mass is 323 g/mol. The summed E-state index contributed by atoms with van der Waals surface area (Å²) in [5.41, 5.74) is 2.20. The highest BCUT2D eigenvalue weighted by Gasteiger charge is 2.11. The molecule has 1 aromatic heterocycles. The Morgan fingerprint density at radius 2 is 2.26 bits per heavy atom. The van der Waals surface area contributed by atoms with Crippen LogP contribution in [0.1, 0.15) is 18.5 Å². The topological polar surface area (TPSA) is 39.1 Å². The second-order valence-corrected chi connectivity index (χ2v) is 5.32. The molecule has 4 nitrogen and oxygen atoms in total. The minimum atomic E-state index is 0.235. The van der Waals surface area contributed by atoms with Crippen molar-refractivity contribution in [1.82, 2.24) is 9.55 Å². The quantitative estimate of drug-likeness (QED) is 0.906. The van der Waals surface area contributed by atoms with Crippen LogP contribution < -0.4 is 5.32 Å². The molecular formula is C14H18BrN3O. The van der Waals surface area contributed by atoms with Crippen LogP contribution >= 0.6 is 15.9 Å². The third kappa shape index (κ3) is 3.16. The summed E-state index contributed by atoms with van der Waals surface area (Å²) in [6.07, 6.45) is 3.74. The molecule has 0 saturated carbocycles. The molecule has 2 aromatic rings. The highest BCUT2D eigenvalue weighted by molar-refractivity contribution is 9.10. The molecule has 5 heteroatoms. The predicted molar refractivity (Wildman–Crippen MR) is 81.0 cm³/mol. The van der Waals surface area contributed by atoms with Gasteiger partial charge in [-0.3, -0.25) is 0 Å². The van der Waals surface area contributed by atoms with Crippen LogP contribution in [0.5, 0.6) is 0 Å². The molecule has 0 aliphatic heterocycles. The number of aryl methyl sites for hydroxylation is 1. The van der Waals surface area contributed by atoms with E-state index in [-0.39, 0.29) is 6.04 Å². The van der Waals surface area contributed by atoms with E-state index in [0.29, 0.717) is 6.61 Å². The standard InChI is InChI=1S/C14H18BrN3O/c1-10-5-4-6-12(13(10)15)17-14-16-7-8-18(14)11(2)9-19-3/h4-8,11H,9H2,1-3H3,(H,16,17). The van der Waals surface area contributed by atoms with E-state index in [0.717, 1.165) is 16.1 Å². The molecule has 0 saturated heterocycles. The molecule has 19 heavy (non-hydrogen) atoms. The van der Waals surface area contributed by atoms with Crippen LogP contribution in [0.3, 0.4) is 0 Å². The zero-order valence-electron chi connectivity index (χ0n) is 11.4. The highest BCUT2D eigenvalue weighted by atomic mass is 79.9. The molecule has 0 amide bonds. The molecule has 0 aliphatic rings. The average molecular weight is 324 g/mol. The number of halogens is 1. The summed E-state index contributed by atoms with van der Waals surface area (Å²) in [5, 5.41) is 3.35. The second-order valence-electron chi connectivity index (χ2n) is 4.52. The maximum absolute atomic E-state index is 5.19. The Morgan fingerprint density at radius 1 is 1.47 bits per heavy atom. The molecular weight excluding hydrogens is 306 g/mol. The third-order valence-electron chi connectivity index (χ3n) is 2.99. The van der Waals surface area contributed by atoms with E-state index in [1.807, 2.05) is 18.3 Å². The maximum atomic E-state index is 5.19. The molecule has 1 unspecified atom stereocenters. The largest absolute Gasteiger partial charge is 0.383 e. The molecule has 1 heterocycles. The summed E-state index contributed by atoms with van der Waals surface area (Å²) in [4.78, 5) is 4.36. The summed E-state index contributed by atoms with van der Waals surface area (Å²) in [5.74, 6) is 0.816. The number of nitrogens with one attached hydrogen (secondary N) is 1. The fourth-order valence-electron chi connectivity index (χ4n) is 1.95. The van der Waals surface area contributed by atoms with Crippen LogP contribution in [0.2, 0.25) is 0 Å². The van der Waals surface area contributed by atoms with E-state index in [2.05, 4.69) is 50.7 Å². The zero-order valence-corrected chi connectivity index (χ0v) is 12.9. The summed E-state index contributed by atoms with van der Waals surface area (Å²) >= 11 is 3.59. The number of hydrogen-bond donors (Lipinski definition) is 1. The number of benzene rings is 1. The minimum absolute atomic E-state index is 0.235. The maximum Gasteiger partial charge on any atom is 0.207 e. The lowest BCUT2D eigenvalue weighted by molar-refractivity contribution is 0.163. The van der Waals surface area contributed by atoms with Crippen molar-refractivity contribution in [1.29, 1.82) is 0 Å². The SMILES string of the molecule is COCC(C)n1ccnc1Nc1cccc(C)c1Br. The molecule has 2 rings (SSSR count). The van der Waals surface area contributed by atoms with Crippen molar-refractivity contribution in [2.45, 2.75) is 19.9 Å². The first-order valence-electron chi connectivity index (χ1n) is 6.17. The van der Waals surface area contributed by atoms with E-state index in [4.69, 9.17) is 4.74 Å². The summed E-state index contributed by atoms with van der Waals surface area (Å²) in [6.45, 7) is 4.82. The van der Waals surface area contributed by atoms with Crippen LogP contribution in [-0.4, -0.2) is 23.3 Å². The number of ether oxygens (including phenoxy) is 1. The molecule has 0 spiro atoms. The number of nitrogens with zero attached hydrogens (tertiary/aromatic N) is 2. The van der Waals surface area contributed by atoms with Gasteiger partial charge in [-0.25, -0.2) is 4.98 Å². The Balaban J connectivity index is 2.24. The molecule has 0 bridgehead atoms. The van der Waals surface area contributed by atoms with Gasteiger partial charge in [-0.05, 0) is 41.4 Å². The number of hydrogen-bond acceptors (Lipinski definition) is 3. The average Bonchev–Trinajstić information content (AvgIpc) is 2.83. The lowest BCUT2D eigenvalue weighted by Gasteiger charge is -2.17. The molecule has 0 fully saturated rings. The van der Waals surface area contributed by atoms with Gasteiger partial charge in [0.2, 0.25) is 5.95 Å². The first-order valence-corrected chi connectivity index (χ1v) is 6.96. The van der Waals surface area contributed by atoms with E-state index >= 15 is 0 Å². The second kappa shape index (κ2) is 6.21. The van der Waals surface area contributed by atoms with Gasteiger partial charge in [0, 0.05) is 24.0 Å². The van der Waals surface area contributed by atoms with Gasteiger partial charge in [-0.2, -0.15) is 0 Å². The fourth-order valence-corrected chi connectivity index (χ4v) is 2.31. The Bertz CT molecular complexity index is 553. The van der Waals surface area contributed by atoms with Crippen molar-refractivity contribution in [3.05, 3.63) is 40.6 Å². The zero-order chi connectivity index (χ0) is 13.8. The molecule has 102 valence electrons. The number of anilines is 2. The summed E-state index contributed by atoms with van der Waals surface area (Å²) in [6, 6.07) is 6.35. The minimum Gasteiger partial charge on any atom is -0.383 e. The van der Waals surface area contributed by atoms with Gasteiger partial charge >= 0.3 is 0 Å². The number of methoxy groups -OCH3 is 1. The van der Waals surface area contributed by atoms with Crippen molar-refractivity contribution < 1.29 is 4.74 Å². The van der Waals surface area contributed by atoms with Gasteiger partial charge in [-0.1, -0.05) is 12.1 Å². The van der Waals surface area contributed by atoms with E-state index < -0.39 is 0 Å². The number of aromatic nitrogens is 2. The van der Waals surface area contributed by atoms with E-state index in [1.165, 1.54) is 5.56 Å². The van der Waals surface area contributed by atoms with Crippen LogP contribution in [0.4, 0.5) is 11.6 Å². The molecule has 1 atom stereocenters. The Kier molecular flexibility index (Phi) is 4.61. The van der Waals surface area contributed by atoms with Crippen LogP contribution in [0.25, 0.3) is 0 Å². The smallest absolute Gasteiger partial charge is 0.207 e. The molecule has 1 aromatic carbocycles. The van der Waals surface area contributed by atoms with Crippen molar-refractivity contribution in [3.63, 3.8) is 0 Å². The van der Waals surface area contributed by atoms with Gasteiger partial charge in [0.15, 0.2) is 0 Å². The lowest BCUT2D eigenvalue weighted by Crippen LogP contribution is -2.13. The Labute approximate surface area is 121 Å². The van der Waals surface area contributed by atoms with Gasteiger partial charge in [0.1, 0.15) is 0 Å². The summed E-state index contributed by atoms with van der Waals surface area (Å²) in [7, 11) is 1.71. The van der Waals surface area contributed by atoms with Crippen molar-refractivity contribution >= 4 is 27.6 Å². The van der Waals surface area contributed by atoms with Crippen molar-refractivity contribution in [2.24, 2.45) is 0 Å². The van der Waals surface area contributed by atoms with Gasteiger partial charge in [-0.15, -0.1) is 0 Å². The summed E-state index contributed by atoms with van der Waals surface area (Å²) < 4.78 is 8.32. The van der Waals surface area contributed by atoms with Gasteiger partial charge in [0.25, 0.3) is 0 Å². The molecule has 1 N–H and O–H groups in total. The number of rotatable bonds is 5. The Hall–Kier alpha value is -1.33. The van der Waals surface area contributed by atoms with Crippen LogP contribution in [0, 0.1) is 6.92 Å². The first kappa shape index (κ1) is 14.1. The van der Waals surface area contributed by atoms with Crippen molar-refractivity contribution in [3.8, 4) is 0 Å². The Morgan fingerprint density at radius 3 is 3.00 bits per heavy atom. The van der Waals surface area contributed by atoms with Gasteiger partial charge in [0.05, 0.1) is 18.3 Å². The fraction of sp³-hybridized carbons (Fsp3) is 0.357. The molecule has 0 radical (unpaired) electrons. The van der Waals surface area contributed by atoms with E-state index in [1.54, 1.807) is 13.3 Å². The first-order chi connectivity index (χ1) is 9.13. The molecule has 0 aliphatic carbocycles. The normalized spacial score (nSPS) is 12.4. The predicted octanol–water partition coefficient (Wildman–Crippen LogP) is 3.91. The van der Waals surface area contributed by atoms with Crippen molar-refractivity contribution in [2.75, 3.05) is 19.0 Å². The third-order valence-corrected chi connectivity index (χ3v) is 4.04. The van der Waals surface area contributed by atoms with Crippen LogP contribution in [0.15, 0.2) is 35.1 Å². The highest BCUT2D eigenvalue weighted by Crippen LogP contribution is 2.28. The van der Waals surface area contributed by atoms with E-state index in [9.17, 15) is 0 Å². The lowest BCUT2D eigenvalue weighted by atomic mass is 10.2. The van der Waals surface area contributed by atoms with Crippen LogP contribution in [-0.2, 0) is 4.74 Å². The van der Waals surface area contributed by atoms with Gasteiger partial charge < -0.3 is 14.6 Å². The number of imidazole rings is 1.